The molecule has 11 heterocycles. The summed E-state index contributed by atoms with van der Waals surface area (Å²) >= 11 is 1.57. The highest BCUT2D eigenvalue weighted by molar-refractivity contribution is 7.09. The number of H-pyrrole nitrogens is 5. The zero-order chi connectivity index (χ0) is 97.9. The number of rotatable bonds is 26. The smallest absolute Gasteiger partial charge is 0.331 e. The fraction of sp³-hybridized carbons (Fsp3) is 0.425. The van der Waals surface area contributed by atoms with Crippen LogP contribution < -0.4 is 93.5 Å². The van der Waals surface area contributed by atoms with Crippen molar-refractivity contribution in [1.82, 2.24) is 95.5 Å². The van der Waals surface area contributed by atoms with E-state index in [-0.39, 0.29) is 103 Å². The molecule has 14 aromatic rings. The van der Waals surface area contributed by atoms with E-state index in [0.29, 0.717) is 55.7 Å². The maximum atomic E-state index is 13.3. The van der Waals surface area contributed by atoms with Crippen LogP contribution in [0.2, 0.25) is 0 Å². The lowest BCUT2D eigenvalue weighted by Gasteiger charge is -2.28. The first-order valence-electron chi connectivity index (χ1n) is 42.7. The van der Waals surface area contributed by atoms with Gasteiger partial charge in [0.05, 0.1) is 19.8 Å². The number of nitrogens with zero attached hydrogens (tertiary/aromatic N) is 15. The van der Waals surface area contributed by atoms with Gasteiger partial charge in [-0.1, -0.05) is 112 Å². The molecule has 2 aliphatic rings. The average molecular weight is 1910 g/mol. The Kier molecular flexibility index (Phi) is 31.8. The van der Waals surface area contributed by atoms with Crippen molar-refractivity contribution >= 4 is 77.3 Å². The number of thiophene rings is 1. The Hall–Kier alpha value is -14.4. The zero-order valence-corrected chi connectivity index (χ0v) is 74.5. The molecule has 37 nitrogen and oxygen atoms in total. The molecule has 0 aliphatic heterocycles. The average Bonchev–Trinajstić information content (AvgIpc) is 1.10. The van der Waals surface area contributed by atoms with Crippen LogP contribution in [-0.2, 0) is 74.4 Å². The van der Waals surface area contributed by atoms with Gasteiger partial charge in [0, 0.05) is 85.6 Å². The van der Waals surface area contributed by atoms with E-state index in [1.165, 1.54) is 37.3 Å². The molecule has 16 rings (SSSR count). The van der Waals surface area contributed by atoms with Crippen LogP contribution in [0.25, 0.3) is 65.9 Å². The molecule has 2 saturated carbocycles. The lowest BCUT2D eigenvalue weighted by molar-refractivity contribution is -0.0468. The molecule has 0 saturated heterocycles. The summed E-state index contributed by atoms with van der Waals surface area (Å²) in [5.41, 5.74) is -13.3. The van der Waals surface area contributed by atoms with Crippen LogP contribution in [0, 0.1) is 18.8 Å². The Morgan fingerprint density at radius 3 is 1.22 bits per heavy atom. The van der Waals surface area contributed by atoms with Gasteiger partial charge in [-0.05, 0) is 103 Å². The summed E-state index contributed by atoms with van der Waals surface area (Å²) < 4.78 is 151. The number of hydrogen-bond acceptors (Lipinski definition) is 23. The van der Waals surface area contributed by atoms with Crippen molar-refractivity contribution in [3.8, 4) is 11.8 Å². The second-order valence-electron chi connectivity index (χ2n) is 32.2. The van der Waals surface area contributed by atoms with Crippen LogP contribution in [0.1, 0.15) is 168 Å². The van der Waals surface area contributed by atoms with Gasteiger partial charge in [-0.15, -0.1) is 11.3 Å². The molecule has 0 unspecified atom stereocenters. The maximum Gasteiger partial charge on any atom is 0.331 e. The molecule has 48 heteroatoms. The fourth-order valence-electron chi connectivity index (χ4n) is 15.9. The van der Waals surface area contributed by atoms with Gasteiger partial charge in [0.2, 0.25) is 5.92 Å². The molecule has 2 fully saturated rings. The Balaban J connectivity index is 0.000000152. The summed E-state index contributed by atoms with van der Waals surface area (Å²) in [7, 11) is 6.24. The highest BCUT2D eigenvalue weighted by Crippen LogP contribution is 2.38. The minimum atomic E-state index is -3.09. The van der Waals surface area contributed by atoms with E-state index in [9.17, 15) is 116 Å². The SMILES string of the molecule is CCCCCn1c(=O)n(C)c(=O)c2nc(OCCCOc3ccccc3C)[nH]c(=O)c21.Cn1c(=O)c2nc(C(F)F)[nH]c(=O)c2n(CCC2CCC(F)(F)CC2)c1=O.Cn1c(=O)c2nc(C(F)F)[nH]c(=O)c2n(CCC2CCCC2)c1=O.Cn1c(=O)c2nc(C(F)F)[nH]c(=O)c2n(CCCc2cccs2)c1=O.Cn1c(=O)c2nc(C(F)F)[nH]c(=O)c2n(Cc2cccc3ccccc23)c1=O. The van der Waals surface area contributed by atoms with Crippen molar-refractivity contribution in [3.63, 3.8) is 0 Å². The number of fused-ring (bicyclic) bond motifs is 6. The van der Waals surface area contributed by atoms with Gasteiger partial charge in [-0.3, -0.25) is 98.6 Å². The van der Waals surface area contributed by atoms with Crippen LogP contribution in [0.4, 0.5) is 43.9 Å². The number of halogens is 10. The number of unbranched alkanes of at least 4 members (excludes halogenated alkanes) is 2. The Morgan fingerprint density at radius 2 is 0.793 bits per heavy atom. The number of aromatic amines is 5. The molecule has 718 valence electrons. The summed E-state index contributed by atoms with van der Waals surface area (Å²) in [4.78, 5) is 216. The largest absolute Gasteiger partial charge is 0.493 e. The van der Waals surface area contributed by atoms with E-state index < -0.39 is 161 Å². The van der Waals surface area contributed by atoms with Gasteiger partial charge in [-0.2, -0.15) is 4.98 Å². The highest BCUT2D eigenvalue weighted by atomic mass is 32.1. The number of alkyl halides is 10. The van der Waals surface area contributed by atoms with E-state index in [2.05, 4.69) is 29.9 Å². The quantitative estimate of drug-likeness (QED) is 0.0250. The first-order valence-corrected chi connectivity index (χ1v) is 43.6. The van der Waals surface area contributed by atoms with Crippen molar-refractivity contribution < 1.29 is 53.4 Å². The number of benzene rings is 3. The second kappa shape index (κ2) is 43.1. The summed E-state index contributed by atoms with van der Waals surface area (Å²) in [6.45, 7) is 5.44. The first-order chi connectivity index (χ1) is 64.2. The summed E-state index contributed by atoms with van der Waals surface area (Å²) in [5.74, 6) is -5.08. The van der Waals surface area contributed by atoms with Crippen LogP contribution in [0.15, 0.2) is 156 Å². The van der Waals surface area contributed by atoms with Gasteiger partial charge >= 0.3 is 28.4 Å². The Labute approximate surface area is 755 Å². The van der Waals surface area contributed by atoms with E-state index in [0.717, 1.165) is 116 Å². The standard InChI is InChI=1S/C22H28N4O5.C19H14F2N4O3.C16H18F4N4O3.C15H14F2N4O3S.C15H18F2N4O3/c1-4-5-8-12-26-18-17(20(28)25(3)22(26)29)23-21(24-19(18)27)31-14-9-13-30-16-11-7-6-10-15(16)2;1-24-18(27)13-14(17(26)23-16(22-13)15(20)21)25(19(24)28)9-11-7-4-6-10-5-2-3-8-12(10)11;1-23-14(26)9-10(13(25)22-12(21-9)11(17)18)24(15(23)27)7-4-8-2-5-16(19,20)6-3-8;1-20-14(23)9-10(13(22)19-12(18-9)11(16)17)21(15(20)24)6-2-4-8-5-3-7-25-8;1-20-14(23)9-10(13(22)19-12(18-9)11(16)17)21(15(20)24)7-6-8-4-2-3-5-8/h6-7,10-11H,4-5,8-9,12-14H2,1-3H3,(H,23,24,27);2-8,15H,9H2,1H3,(H,22,23,26);8,11H,2-7H2,1H3,(H,21,22,25);3,5,7,11H,2,4,6H2,1H3,(H,18,19,22);8,11H,2-7H2,1H3,(H,18,19,22). The zero-order valence-electron chi connectivity index (χ0n) is 73.6. The van der Waals surface area contributed by atoms with Crippen LogP contribution in [0.3, 0.4) is 0 Å². The van der Waals surface area contributed by atoms with E-state index in [1.807, 2.05) is 112 Å². The highest BCUT2D eigenvalue weighted by Gasteiger charge is 2.36. The normalized spacial score (nSPS) is 13.4. The molecule has 5 N–H and O–H groups in total. The predicted octanol–water partition coefficient (Wildman–Crippen LogP) is 8.71. The van der Waals surface area contributed by atoms with Gasteiger partial charge in [0.25, 0.3) is 87.3 Å². The van der Waals surface area contributed by atoms with Crippen molar-refractivity contribution in [3.05, 3.63) is 280 Å². The molecule has 3 aromatic carbocycles. The minimum Gasteiger partial charge on any atom is -0.493 e. The van der Waals surface area contributed by atoms with Crippen molar-refractivity contribution in [2.75, 3.05) is 13.2 Å². The number of nitrogens with one attached hydrogen (secondary N) is 5. The molecule has 135 heavy (non-hydrogen) atoms. The van der Waals surface area contributed by atoms with Crippen molar-refractivity contribution in [2.24, 2.45) is 47.1 Å². The van der Waals surface area contributed by atoms with Crippen LogP contribution >= 0.6 is 11.3 Å². The number of aromatic nitrogens is 20. The first kappa shape index (κ1) is 99.6. The predicted molar refractivity (Wildman–Crippen MR) is 479 cm³/mol. The molecule has 0 spiro atoms. The molecule has 2 aliphatic carbocycles. The van der Waals surface area contributed by atoms with Crippen molar-refractivity contribution in [1.29, 1.82) is 0 Å². The molecule has 0 amide bonds. The molecule has 0 bridgehead atoms. The molecular weight excluding hydrogens is 1820 g/mol. The lowest BCUT2D eigenvalue weighted by Crippen LogP contribution is -2.41. The Morgan fingerprint density at radius 1 is 0.415 bits per heavy atom. The summed E-state index contributed by atoms with van der Waals surface area (Å²) in [6, 6.07) is 24.5. The van der Waals surface area contributed by atoms with Gasteiger partial charge in [0.15, 0.2) is 50.9 Å². The van der Waals surface area contributed by atoms with Crippen molar-refractivity contribution in [2.45, 2.75) is 181 Å². The number of ether oxygens (including phenoxy) is 2. The third-order valence-corrected chi connectivity index (χ3v) is 24.1. The minimum absolute atomic E-state index is 0.00151. The molecular formula is C87H92F10N20O17S. The fourth-order valence-corrected chi connectivity index (χ4v) is 16.6. The molecule has 0 atom stereocenters. The molecule has 0 radical (unpaired) electrons. The monoisotopic (exact) mass is 1910 g/mol. The third kappa shape index (κ3) is 22.3. The van der Waals surface area contributed by atoms with Gasteiger partial charge in [0.1, 0.15) is 33.3 Å². The molecule has 11 aromatic heterocycles. The van der Waals surface area contributed by atoms with Crippen LogP contribution in [-0.4, -0.2) is 115 Å². The van der Waals surface area contributed by atoms with Gasteiger partial charge in [-0.25, -0.2) is 87.8 Å². The van der Waals surface area contributed by atoms with E-state index >= 15 is 0 Å². The summed E-state index contributed by atoms with van der Waals surface area (Å²) in [6.07, 6.45) is -2.19. The lowest BCUT2D eigenvalue weighted by atomic mass is 9.85. The van der Waals surface area contributed by atoms with E-state index in [4.69, 9.17) is 9.47 Å². The van der Waals surface area contributed by atoms with Gasteiger partial charge < -0.3 is 29.4 Å². The van der Waals surface area contributed by atoms with Crippen LogP contribution in [0.5, 0.6) is 11.8 Å². The number of hydrogen-bond donors (Lipinski definition) is 5. The van der Waals surface area contributed by atoms with E-state index in [1.54, 1.807) is 17.4 Å². The summed E-state index contributed by atoms with van der Waals surface area (Å²) in [5, 5.41) is 3.74. The topological polar surface area (TPSA) is 467 Å². The maximum absolute atomic E-state index is 13.3. The number of para-hydroxylation sites is 1. The second-order valence-corrected chi connectivity index (χ2v) is 33.2. The Bertz CT molecular complexity index is 7780. The number of aryl methyl sites for hydroxylation is 6. The third-order valence-electron chi connectivity index (χ3n) is 23.1.